The molecule has 0 spiro atoms. The Morgan fingerprint density at radius 3 is 2.46 bits per heavy atom. The summed E-state index contributed by atoms with van der Waals surface area (Å²) < 4.78 is 33.7. The maximum Gasteiger partial charge on any atom is 0.410 e. The predicted molar refractivity (Wildman–Crippen MR) is 190 cm³/mol. The Hall–Kier alpha value is -3.85. The van der Waals surface area contributed by atoms with Crippen molar-refractivity contribution in [2.45, 2.75) is 132 Å². The first kappa shape index (κ1) is 36.5. The highest BCUT2D eigenvalue weighted by Crippen LogP contribution is 2.46. The molecular formula is C36H47ClN6O8S. The second-order valence-electron chi connectivity index (χ2n) is 15.2. The van der Waals surface area contributed by atoms with Gasteiger partial charge < -0.3 is 25.6 Å². The molecule has 3 saturated carbocycles. The standard InChI is InChI=1S/C36H47ClN6O8S/c37-25-13-12-22-19-42(20-23(22)16-25)35(48)51-27-17-30-31(44)40-36(33(46)41-52(49,50)28-14-15-28)18-24(36)8-4-2-1-3-5-11-29(32(45)43(30)21-27)39-34(47)38-26-9-6-7-10-26/h4,8,12-13,16,24,26-30H,1-3,5-7,9-11,14-15,17-21H2,(H,40,44)(H,41,46)(H2,38,39,47)/t24-,27-,29+,30+,36-/m1/s1. The van der Waals surface area contributed by atoms with Crippen molar-refractivity contribution in [3.05, 3.63) is 46.5 Å². The number of nitrogens with one attached hydrogen (secondary N) is 4. The minimum atomic E-state index is -3.89. The van der Waals surface area contributed by atoms with E-state index in [0.29, 0.717) is 50.2 Å². The number of carbonyl (C=O) groups is 5. The lowest BCUT2D eigenvalue weighted by molar-refractivity contribution is -0.141. The molecule has 6 amide bonds. The maximum atomic E-state index is 14.4. The number of urea groups is 1. The molecule has 4 fully saturated rings. The van der Waals surface area contributed by atoms with Crippen LogP contribution in [-0.2, 0) is 42.2 Å². The summed E-state index contributed by atoms with van der Waals surface area (Å²) in [5.74, 6) is -2.38. The number of benzene rings is 1. The smallest absolute Gasteiger partial charge is 0.410 e. The van der Waals surface area contributed by atoms with E-state index in [0.717, 1.165) is 49.7 Å². The van der Waals surface area contributed by atoms with E-state index >= 15 is 0 Å². The van der Waals surface area contributed by atoms with Crippen molar-refractivity contribution in [3.8, 4) is 0 Å². The molecule has 16 heteroatoms. The molecule has 0 unspecified atom stereocenters. The van der Waals surface area contributed by atoms with Crippen LogP contribution in [0.2, 0.25) is 5.02 Å². The van der Waals surface area contributed by atoms with Gasteiger partial charge in [0.15, 0.2) is 0 Å². The first-order valence-corrected chi connectivity index (χ1v) is 20.5. The van der Waals surface area contributed by atoms with E-state index in [1.165, 1.54) is 9.80 Å². The highest BCUT2D eigenvalue weighted by molar-refractivity contribution is 7.91. The summed E-state index contributed by atoms with van der Waals surface area (Å²) in [7, 11) is -3.89. The number of hydrogen-bond acceptors (Lipinski definition) is 8. The molecule has 14 nitrogen and oxygen atoms in total. The molecule has 1 aromatic rings. The van der Waals surface area contributed by atoms with E-state index in [-0.39, 0.29) is 25.4 Å². The first-order chi connectivity index (χ1) is 24.9. The Balaban J connectivity index is 1.12. The Bertz CT molecular complexity index is 1750. The summed E-state index contributed by atoms with van der Waals surface area (Å²) in [6.45, 7) is 0.520. The number of fused-ring (bicyclic) bond motifs is 3. The monoisotopic (exact) mass is 758 g/mol. The minimum Gasteiger partial charge on any atom is -0.444 e. The average molecular weight is 759 g/mol. The fourth-order valence-corrected chi connectivity index (χ4v) is 9.57. The molecule has 3 aliphatic carbocycles. The van der Waals surface area contributed by atoms with Gasteiger partial charge in [-0.25, -0.2) is 18.0 Å². The molecule has 0 aromatic heterocycles. The van der Waals surface area contributed by atoms with Crippen molar-refractivity contribution in [3.63, 3.8) is 0 Å². The zero-order valence-corrected chi connectivity index (χ0v) is 30.7. The van der Waals surface area contributed by atoms with Gasteiger partial charge in [-0.2, -0.15) is 0 Å². The Morgan fingerprint density at radius 1 is 0.942 bits per heavy atom. The number of nitrogens with zero attached hydrogens (tertiary/aromatic N) is 2. The molecule has 282 valence electrons. The third kappa shape index (κ3) is 8.04. The van der Waals surface area contributed by atoms with Crippen LogP contribution in [0.4, 0.5) is 9.59 Å². The molecule has 1 aromatic carbocycles. The van der Waals surface area contributed by atoms with E-state index in [1.54, 1.807) is 12.1 Å². The van der Waals surface area contributed by atoms with E-state index in [2.05, 4.69) is 20.7 Å². The van der Waals surface area contributed by atoms with Crippen molar-refractivity contribution in [2.24, 2.45) is 5.92 Å². The minimum absolute atomic E-state index is 0.0311. The molecular weight excluding hydrogens is 712 g/mol. The van der Waals surface area contributed by atoms with Crippen LogP contribution in [0, 0.1) is 5.92 Å². The first-order valence-electron chi connectivity index (χ1n) is 18.6. The highest BCUT2D eigenvalue weighted by atomic mass is 35.5. The second kappa shape index (κ2) is 14.9. The number of allylic oxidation sites excluding steroid dienone is 1. The maximum absolute atomic E-state index is 14.4. The molecule has 0 radical (unpaired) electrons. The van der Waals surface area contributed by atoms with Gasteiger partial charge in [-0.15, -0.1) is 0 Å². The number of hydrogen-bond donors (Lipinski definition) is 4. The average Bonchev–Trinajstić information content (AvgIpc) is 3.89. The van der Waals surface area contributed by atoms with Gasteiger partial charge in [0.2, 0.25) is 21.8 Å². The summed E-state index contributed by atoms with van der Waals surface area (Å²) in [6, 6.07) is 2.91. The summed E-state index contributed by atoms with van der Waals surface area (Å²) in [5.41, 5.74) is 0.337. The van der Waals surface area contributed by atoms with Crippen molar-refractivity contribution in [1.82, 2.24) is 30.5 Å². The fraction of sp³-hybridized carbons (Fsp3) is 0.639. The summed E-state index contributed by atoms with van der Waals surface area (Å²) in [6.07, 6.45) is 10.5. The van der Waals surface area contributed by atoms with Crippen molar-refractivity contribution in [2.75, 3.05) is 6.54 Å². The second-order valence-corrected chi connectivity index (χ2v) is 17.6. The molecule has 52 heavy (non-hydrogen) atoms. The van der Waals surface area contributed by atoms with Gasteiger partial charge in [0.05, 0.1) is 11.8 Å². The van der Waals surface area contributed by atoms with Gasteiger partial charge in [-0.1, -0.05) is 55.5 Å². The molecule has 4 N–H and O–H groups in total. The van der Waals surface area contributed by atoms with Crippen LogP contribution in [-0.4, -0.2) is 89.6 Å². The van der Waals surface area contributed by atoms with Crippen LogP contribution in [0.15, 0.2) is 30.4 Å². The molecule has 3 heterocycles. The van der Waals surface area contributed by atoms with Gasteiger partial charge in [0.1, 0.15) is 23.7 Å². The van der Waals surface area contributed by atoms with Gasteiger partial charge in [0, 0.05) is 36.5 Å². The molecule has 5 atom stereocenters. The van der Waals surface area contributed by atoms with Gasteiger partial charge >= 0.3 is 12.1 Å². The van der Waals surface area contributed by atoms with Crippen LogP contribution in [0.1, 0.15) is 94.6 Å². The largest absolute Gasteiger partial charge is 0.444 e. The Labute approximate surface area is 308 Å². The number of amides is 6. The van der Waals surface area contributed by atoms with Crippen LogP contribution in [0.25, 0.3) is 0 Å². The lowest BCUT2D eigenvalue weighted by atomic mass is 10.0. The number of ether oxygens (including phenoxy) is 1. The van der Waals surface area contributed by atoms with Gasteiger partial charge in [-0.3, -0.25) is 24.0 Å². The third-order valence-electron chi connectivity index (χ3n) is 11.3. The normalized spacial score (nSPS) is 29.6. The van der Waals surface area contributed by atoms with Crippen molar-refractivity contribution >= 4 is 51.5 Å². The summed E-state index contributed by atoms with van der Waals surface area (Å²) in [5, 5.41) is 8.61. The van der Waals surface area contributed by atoms with Crippen molar-refractivity contribution < 1.29 is 37.1 Å². The zero-order chi connectivity index (χ0) is 36.6. The van der Waals surface area contributed by atoms with Crippen molar-refractivity contribution in [1.29, 1.82) is 0 Å². The van der Waals surface area contributed by atoms with Gasteiger partial charge in [0.25, 0.3) is 5.91 Å². The number of rotatable bonds is 6. The lowest BCUT2D eigenvalue weighted by Crippen LogP contribution is -2.59. The Morgan fingerprint density at radius 2 is 1.69 bits per heavy atom. The molecule has 3 aliphatic heterocycles. The molecule has 1 saturated heterocycles. The number of sulfonamides is 1. The quantitative estimate of drug-likeness (QED) is 0.319. The van der Waals surface area contributed by atoms with Crippen LogP contribution < -0.4 is 20.7 Å². The fourth-order valence-electron chi connectivity index (χ4n) is 8.01. The predicted octanol–water partition coefficient (Wildman–Crippen LogP) is 3.38. The van der Waals surface area contributed by atoms with Crippen LogP contribution in [0.3, 0.4) is 0 Å². The zero-order valence-electron chi connectivity index (χ0n) is 29.1. The SMILES string of the molecule is O=C(NC1CCCC1)N[C@H]1CCCCCC=C[C@@H]2C[C@@]2(C(=O)NS(=O)(=O)C2CC2)NC(=O)[C@@H]2C[C@@H](OC(=O)N3Cc4ccc(Cl)cc4C3)CN2C1=O. The van der Waals surface area contributed by atoms with Crippen LogP contribution in [0.5, 0.6) is 0 Å². The molecule has 0 bridgehead atoms. The summed E-state index contributed by atoms with van der Waals surface area (Å²) >= 11 is 6.16. The number of carbonyl (C=O) groups excluding carboxylic acids is 5. The van der Waals surface area contributed by atoms with E-state index in [4.69, 9.17) is 16.3 Å². The van der Waals surface area contributed by atoms with Crippen LogP contribution >= 0.6 is 11.6 Å². The van der Waals surface area contributed by atoms with Gasteiger partial charge in [-0.05, 0) is 74.6 Å². The van der Waals surface area contributed by atoms with E-state index < -0.39 is 74.8 Å². The lowest BCUT2D eigenvalue weighted by Gasteiger charge is -2.30. The third-order valence-corrected chi connectivity index (χ3v) is 13.3. The van der Waals surface area contributed by atoms with E-state index in [1.807, 2.05) is 18.2 Å². The highest BCUT2D eigenvalue weighted by Gasteiger charge is 2.62. The number of halogens is 1. The van der Waals surface area contributed by atoms with E-state index in [9.17, 15) is 32.4 Å². The topological polar surface area (TPSA) is 183 Å². The Kier molecular flexibility index (Phi) is 10.4. The molecule has 6 aliphatic rings. The summed E-state index contributed by atoms with van der Waals surface area (Å²) in [4.78, 5) is 71.7. The molecule has 7 rings (SSSR count).